The predicted molar refractivity (Wildman–Crippen MR) is 79.0 cm³/mol. The Balaban J connectivity index is 1.51. The van der Waals surface area contributed by atoms with Crippen LogP contribution in [0.1, 0.15) is 17.1 Å². The minimum Gasteiger partial charge on any atom is -0.390 e. The van der Waals surface area contributed by atoms with Gasteiger partial charge >= 0.3 is 0 Å². The molecule has 1 fully saturated rings. The fourth-order valence-corrected chi connectivity index (χ4v) is 3.05. The molecule has 1 unspecified atom stereocenters. The summed E-state index contributed by atoms with van der Waals surface area (Å²) in [6, 6.07) is 0. The zero-order valence-corrected chi connectivity index (χ0v) is 12.7. The molecule has 0 spiro atoms. The molecule has 1 saturated heterocycles. The molecule has 3 heterocycles. The number of nitrogens with zero attached hydrogens (tertiary/aromatic N) is 4. The van der Waals surface area contributed by atoms with E-state index in [9.17, 15) is 5.11 Å². The van der Waals surface area contributed by atoms with Gasteiger partial charge in [-0.25, -0.2) is 9.97 Å². The molecule has 2 aliphatic heterocycles. The Morgan fingerprint density at radius 1 is 1.24 bits per heavy atom. The van der Waals surface area contributed by atoms with E-state index in [0.29, 0.717) is 6.54 Å². The van der Waals surface area contributed by atoms with E-state index in [4.69, 9.17) is 4.74 Å². The van der Waals surface area contributed by atoms with E-state index in [1.54, 1.807) is 0 Å². The van der Waals surface area contributed by atoms with Crippen molar-refractivity contribution in [3.05, 3.63) is 23.3 Å². The molecule has 2 aliphatic rings. The van der Waals surface area contributed by atoms with Crippen molar-refractivity contribution in [1.29, 1.82) is 0 Å². The van der Waals surface area contributed by atoms with E-state index < -0.39 is 0 Å². The van der Waals surface area contributed by atoms with Crippen molar-refractivity contribution in [3.8, 4) is 0 Å². The summed E-state index contributed by atoms with van der Waals surface area (Å²) in [7, 11) is 0. The van der Waals surface area contributed by atoms with Crippen LogP contribution in [0.5, 0.6) is 0 Å². The standard InChI is InChI=1S/C15H24N4O2/c1-12-16-8-13-2-3-19(11-15(13)17-12)10-14(20)9-18-4-6-21-7-5-18/h8,14,20H,2-7,9-11H2,1H3. The summed E-state index contributed by atoms with van der Waals surface area (Å²) < 4.78 is 5.33. The van der Waals surface area contributed by atoms with Crippen LogP contribution in [-0.2, 0) is 17.7 Å². The van der Waals surface area contributed by atoms with Crippen molar-refractivity contribution in [2.24, 2.45) is 0 Å². The molecule has 0 aromatic carbocycles. The summed E-state index contributed by atoms with van der Waals surface area (Å²) in [6.07, 6.45) is 2.60. The van der Waals surface area contributed by atoms with E-state index in [1.807, 2.05) is 13.1 Å². The highest BCUT2D eigenvalue weighted by atomic mass is 16.5. The van der Waals surface area contributed by atoms with Crippen molar-refractivity contribution in [3.63, 3.8) is 0 Å². The maximum atomic E-state index is 10.3. The maximum absolute atomic E-state index is 10.3. The highest BCUT2D eigenvalue weighted by molar-refractivity contribution is 5.20. The van der Waals surface area contributed by atoms with Gasteiger partial charge in [0.15, 0.2) is 0 Å². The lowest BCUT2D eigenvalue weighted by Crippen LogP contribution is -2.45. The zero-order chi connectivity index (χ0) is 14.7. The first-order chi connectivity index (χ1) is 10.2. The fourth-order valence-electron chi connectivity index (χ4n) is 3.05. The Hall–Kier alpha value is -1.08. The van der Waals surface area contributed by atoms with Crippen LogP contribution in [-0.4, -0.2) is 76.9 Å². The molecule has 116 valence electrons. The maximum Gasteiger partial charge on any atom is 0.125 e. The van der Waals surface area contributed by atoms with Crippen LogP contribution < -0.4 is 0 Å². The van der Waals surface area contributed by atoms with Crippen molar-refractivity contribution in [1.82, 2.24) is 19.8 Å². The van der Waals surface area contributed by atoms with Crippen molar-refractivity contribution >= 4 is 0 Å². The van der Waals surface area contributed by atoms with Gasteiger partial charge in [0.25, 0.3) is 0 Å². The number of aryl methyl sites for hydroxylation is 1. The summed E-state index contributed by atoms with van der Waals surface area (Å²) in [5, 5.41) is 10.3. The zero-order valence-electron chi connectivity index (χ0n) is 12.7. The number of hydrogen-bond donors (Lipinski definition) is 1. The van der Waals surface area contributed by atoms with Crippen LogP contribution in [0, 0.1) is 6.92 Å². The molecule has 0 aliphatic carbocycles. The second-order valence-electron chi connectivity index (χ2n) is 5.94. The Bertz CT molecular complexity index is 477. The van der Waals surface area contributed by atoms with Crippen LogP contribution in [0.2, 0.25) is 0 Å². The van der Waals surface area contributed by atoms with Crippen LogP contribution in [0.3, 0.4) is 0 Å². The minimum atomic E-state index is -0.312. The third-order valence-electron chi connectivity index (χ3n) is 4.19. The van der Waals surface area contributed by atoms with Crippen molar-refractivity contribution in [2.45, 2.75) is 26.0 Å². The van der Waals surface area contributed by atoms with E-state index in [2.05, 4.69) is 19.8 Å². The highest BCUT2D eigenvalue weighted by Gasteiger charge is 2.22. The quantitative estimate of drug-likeness (QED) is 0.832. The molecule has 0 saturated carbocycles. The average molecular weight is 292 g/mol. The van der Waals surface area contributed by atoms with Gasteiger partial charge in [0.05, 0.1) is 25.0 Å². The number of aliphatic hydroxyl groups excluding tert-OH is 1. The van der Waals surface area contributed by atoms with Crippen LogP contribution in [0.4, 0.5) is 0 Å². The van der Waals surface area contributed by atoms with Crippen molar-refractivity contribution < 1.29 is 9.84 Å². The van der Waals surface area contributed by atoms with Gasteiger partial charge in [-0.15, -0.1) is 0 Å². The third kappa shape index (κ3) is 3.97. The normalized spacial score (nSPS) is 22.0. The smallest absolute Gasteiger partial charge is 0.125 e. The van der Waals surface area contributed by atoms with Gasteiger partial charge in [-0.2, -0.15) is 0 Å². The first-order valence-electron chi connectivity index (χ1n) is 7.72. The van der Waals surface area contributed by atoms with E-state index in [1.165, 1.54) is 5.56 Å². The van der Waals surface area contributed by atoms with Gasteiger partial charge < -0.3 is 9.84 Å². The topological polar surface area (TPSA) is 61.7 Å². The molecular weight excluding hydrogens is 268 g/mol. The lowest BCUT2D eigenvalue weighted by Gasteiger charge is -2.32. The van der Waals surface area contributed by atoms with Crippen LogP contribution >= 0.6 is 0 Å². The Morgan fingerprint density at radius 2 is 2.00 bits per heavy atom. The van der Waals surface area contributed by atoms with Gasteiger partial charge in [-0.3, -0.25) is 9.80 Å². The number of morpholine rings is 1. The molecule has 6 nitrogen and oxygen atoms in total. The molecule has 1 aromatic rings. The molecule has 0 amide bonds. The monoisotopic (exact) mass is 292 g/mol. The van der Waals surface area contributed by atoms with E-state index in [0.717, 1.165) is 63.9 Å². The molecule has 1 aromatic heterocycles. The lowest BCUT2D eigenvalue weighted by molar-refractivity contribution is 0.00574. The molecule has 0 radical (unpaired) electrons. The summed E-state index contributed by atoms with van der Waals surface area (Å²) in [6.45, 7) is 8.55. The molecular formula is C15H24N4O2. The Labute approximate surface area is 125 Å². The molecule has 0 bridgehead atoms. The Kier molecular flexibility index (Phi) is 4.80. The van der Waals surface area contributed by atoms with Crippen LogP contribution in [0.15, 0.2) is 6.20 Å². The lowest BCUT2D eigenvalue weighted by atomic mass is 10.1. The van der Waals surface area contributed by atoms with Gasteiger partial charge in [-0.05, 0) is 18.9 Å². The third-order valence-corrected chi connectivity index (χ3v) is 4.19. The molecule has 21 heavy (non-hydrogen) atoms. The first-order valence-corrected chi connectivity index (χ1v) is 7.72. The number of fused-ring (bicyclic) bond motifs is 1. The number of aliphatic hydroxyl groups is 1. The van der Waals surface area contributed by atoms with Gasteiger partial charge in [-0.1, -0.05) is 0 Å². The second kappa shape index (κ2) is 6.79. The second-order valence-corrected chi connectivity index (χ2v) is 5.94. The largest absolute Gasteiger partial charge is 0.390 e. The number of hydrogen-bond acceptors (Lipinski definition) is 6. The van der Waals surface area contributed by atoms with Gasteiger partial charge in [0.1, 0.15) is 5.82 Å². The summed E-state index contributed by atoms with van der Waals surface area (Å²) in [5.41, 5.74) is 2.37. The molecule has 1 N–H and O–H groups in total. The number of ether oxygens (including phenoxy) is 1. The fraction of sp³-hybridized carbons (Fsp3) is 0.733. The van der Waals surface area contributed by atoms with E-state index >= 15 is 0 Å². The van der Waals surface area contributed by atoms with E-state index in [-0.39, 0.29) is 6.10 Å². The Morgan fingerprint density at radius 3 is 2.81 bits per heavy atom. The summed E-state index contributed by atoms with van der Waals surface area (Å²) in [4.78, 5) is 13.4. The first kappa shape index (κ1) is 14.8. The van der Waals surface area contributed by atoms with Gasteiger partial charge in [0, 0.05) is 45.5 Å². The average Bonchev–Trinajstić information content (AvgIpc) is 2.47. The summed E-state index contributed by atoms with van der Waals surface area (Å²) in [5.74, 6) is 0.824. The number of aromatic nitrogens is 2. The van der Waals surface area contributed by atoms with Gasteiger partial charge in [0.2, 0.25) is 0 Å². The number of β-amino-alcohol motifs (C(OH)–C–C–N with tert-alkyl or cyclic N) is 1. The van der Waals surface area contributed by atoms with Crippen molar-refractivity contribution in [2.75, 3.05) is 45.9 Å². The molecule has 6 heteroatoms. The SMILES string of the molecule is Cc1ncc2c(n1)CN(CC(O)CN1CCOCC1)CC2. The molecule has 3 rings (SSSR count). The number of rotatable bonds is 4. The van der Waals surface area contributed by atoms with Crippen LogP contribution in [0.25, 0.3) is 0 Å². The highest BCUT2D eigenvalue weighted by Crippen LogP contribution is 2.16. The summed E-state index contributed by atoms with van der Waals surface area (Å²) >= 11 is 0. The molecule has 1 atom stereocenters. The predicted octanol–water partition coefficient (Wildman–Crippen LogP) is -0.164. The minimum absolute atomic E-state index is 0.312.